The van der Waals surface area contributed by atoms with Gasteiger partial charge in [0.15, 0.2) is 6.29 Å². The molecule has 1 heterocycles. The van der Waals surface area contributed by atoms with Gasteiger partial charge in [0.1, 0.15) is 5.82 Å². The number of anilines is 1. The molecule has 0 radical (unpaired) electrons. The standard InChI is InChI=1S/C13H17N3O/c1-11(2)9-16(7-3-6-14)13-5-4-12(10-17)8-15-13/h4-5,8,10-11H,3,7,9H2,1-2H3. The van der Waals surface area contributed by atoms with Gasteiger partial charge in [-0.2, -0.15) is 5.26 Å². The topological polar surface area (TPSA) is 57.0 Å². The fraction of sp³-hybridized carbons (Fsp3) is 0.462. The summed E-state index contributed by atoms with van der Waals surface area (Å²) in [6.07, 6.45) is 2.81. The molecule has 0 aliphatic heterocycles. The van der Waals surface area contributed by atoms with E-state index in [2.05, 4.69) is 29.8 Å². The van der Waals surface area contributed by atoms with Gasteiger partial charge in [0, 0.05) is 24.8 Å². The van der Waals surface area contributed by atoms with E-state index in [0.29, 0.717) is 24.4 Å². The maximum Gasteiger partial charge on any atom is 0.151 e. The zero-order valence-corrected chi connectivity index (χ0v) is 10.3. The molecular weight excluding hydrogens is 214 g/mol. The molecule has 0 N–H and O–H groups in total. The second-order valence-corrected chi connectivity index (χ2v) is 4.32. The van der Waals surface area contributed by atoms with Gasteiger partial charge in [-0.3, -0.25) is 4.79 Å². The Kier molecular flexibility index (Phi) is 5.15. The smallest absolute Gasteiger partial charge is 0.151 e. The van der Waals surface area contributed by atoms with Gasteiger partial charge >= 0.3 is 0 Å². The van der Waals surface area contributed by atoms with Gasteiger partial charge in [-0.25, -0.2) is 4.98 Å². The number of carbonyl (C=O) groups is 1. The first-order chi connectivity index (χ1) is 8.17. The third-order valence-corrected chi connectivity index (χ3v) is 2.31. The van der Waals surface area contributed by atoms with E-state index in [1.807, 2.05) is 6.07 Å². The van der Waals surface area contributed by atoms with Crippen LogP contribution in [-0.4, -0.2) is 24.4 Å². The summed E-state index contributed by atoms with van der Waals surface area (Å²) in [6, 6.07) is 5.71. The number of carbonyl (C=O) groups excluding carboxylic acids is 1. The van der Waals surface area contributed by atoms with Crippen molar-refractivity contribution in [2.45, 2.75) is 20.3 Å². The summed E-state index contributed by atoms with van der Waals surface area (Å²) in [6.45, 7) is 5.77. The number of hydrogen-bond donors (Lipinski definition) is 0. The largest absolute Gasteiger partial charge is 0.355 e. The van der Waals surface area contributed by atoms with Gasteiger partial charge in [0.05, 0.1) is 12.5 Å². The lowest BCUT2D eigenvalue weighted by molar-refractivity contribution is 0.112. The molecule has 1 aromatic rings. The number of nitrogens with zero attached hydrogens (tertiary/aromatic N) is 3. The Morgan fingerprint density at radius 1 is 1.53 bits per heavy atom. The molecule has 0 aliphatic carbocycles. The third kappa shape index (κ3) is 4.23. The molecule has 0 saturated heterocycles. The normalized spacial score (nSPS) is 10.0. The second kappa shape index (κ2) is 6.64. The molecule has 0 aliphatic rings. The number of pyridine rings is 1. The SMILES string of the molecule is CC(C)CN(CCC#N)c1ccc(C=O)cn1. The highest BCUT2D eigenvalue weighted by Crippen LogP contribution is 2.13. The van der Waals surface area contributed by atoms with Gasteiger partial charge in [-0.15, -0.1) is 0 Å². The average Bonchev–Trinajstić information content (AvgIpc) is 2.34. The number of aldehydes is 1. The molecule has 17 heavy (non-hydrogen) atoms. The summed E-state index contributed by atoms with van der Waals surface area (Å²) >= 11 is 0. The van der Waals surface area contributed by atoms with Crippen molar-refractivity contribution in [2.75, 3.05) is 18.0 Å². The van der Waals surface area contributed by atoms with Crippen molar-refractivity contribution >= 4 is 12.1 Å². The van der Waals surface area contributed by atoms with Gasteiger partial charge in [-0.05, 0) is 18.1 Å². The molecule has 1 rings (SSSR count). The van der Waals surface area contributed by atoms with Crippen LogP contribution in [-0.2, 0) is 0 Å². The van der Waals surface area contributed by atoms with Crippen molar-refractivity contribution < 1.29 is 4.79 Å². The predicted octanol–water partition coefficient (Wildman–Crippen LogP) is 2.27. The van der Waals surface area contributed by atoms with Crippen LogP contribution < -0.4 is 4.90 Å². The quantitative estimate of drug-likeness (QED) is 0.705. The lowest BCUT2D eigenvalue weighted by Crippen LogP contribution is -2.29. The van der Waals surface area contributed by atoms with Gasteiger partial charge in [0.25, 0.3) is 0 Å². The van der Waals surface area contributed by atoms with E-state index >= 15 is 0 Å². The first-order valence-corrected chi connectivity index (χ1v) is 5.70. The van der Waals surface area contributed by atoms with E-state index in [1.54, 1.807) is 12.3 Å². The van der Waals surface area contributed by atoms with Crippen LogP contribution in [0.1, 0.15) is 30.6 Å². The molecule has 0 fully saturated rings. The predicted molar refractivity (Wildman–Crippen MR) is 66.9 cm³/mol. The number of hydrogen-bond acceptors (Lipinski definition) is 4. The van der Waals surface area contributed by atoms with Crippen LogP contribution in [0.2, 0.25) is 0 Å². The molecule has 0 unspecified atom stereocenters. The Bertz CT molecular complexity index is 392. The first-order valence-electron chi connectivity index (χ1n) is 5.70. The Labute approximate surface area is 102 Å². The molecule has 1 aromatic heterocycles. The summed E-state index contributed by atoms with van der Waals surface area (Å²) < 4.78 is 0. The zero-order chi connectivity index (χ0) is 12.7. The fourth-order valence-electron chi connectivity index (χ4n) is 1.58. The first kappa shape index (κ1) is 13.2. The summed E-state index contributed by atoms with van der Waals surface area (Å²) in [4.78, 5) is 16.9. The molecule has 0 spiro atoms. The van der Waals surface area contributed by atoms with Crippen molar-refractivity contribution in [3.63, 3.8) is 0 Å². The highest BCUT2D eigenvalue weighted by molar-refractivity contribution is 5.74. The molecular formula is C13H17N3O. The summed E-state index contributed by atoms with van der Waals surface area (Å²) in [5.41, 5.74) is 0.568. The number of nitriles is 1. The van der Waals surface area contributed by atoms with Crippen molar-refractivity contribution in [1.82, 2.24) is 4.98 Å². The van der Waals surface area contributed by atoms with Crippen LogP contribution in [0.4, 0.5) is 5.82 Å². The summed E-state index contributed by atoms with van der Waals surface area (Å²) in [5.74, 6) is 1.32. The Morgan fingerprint density at radius 3 is 2.76 bits per heavy atom. The van der Waals surface area contributed by atoms with Crippen LogP contribution in [0.5, 0.6) is 0 Å². The number of aromatic nitrogens is 1. The Balaban J connectivity index is 2.79. The zero-order valence-electron chi connectivity index (χ0n) is 10.3. The molecule has 0 aromatic carbocycles. The van der Waals surface area contributed by atoms with Crippen LogP contribution in [0.15, 0.2) is 18.3 Å². The fourth-order valence-corrected chi connectivity index (χ4v) is 1.58. The summed E-state index contributed by atoms with van der Waals surface area (Å²) in [7, 11) is 0. The molecule has 4 nitrogen and oxygen atoms in total. The maximum atomic E-state index is 10.5. The minimum Gasteiger partial charge on any atom is -0.355 e. The Hall–Kier alpha value is -1.89. The van der Waals surface area contributed by atoms with Crippen LogP contribution >= 0.6 is 0 Å². The minimum absolute atomic E-state index is 0.476. The van der Waals surface area contributed by atoms with Crippen molar-refractivity contribution in [3.05, 3.63) is 23.9 Å². The van der Waals surface area contributed by atoms with E-state index in [-0.39, 0.29) is 0 Å². The lowest BCUT2D eigenvalue weighted by Gasteiger charge is -2.24. The number of rotatable bonds is 6. The van der Waals surface area contributed by atoms with E-state index in [0.717, 1.165) is 18.6 Å². The van der Waals surface area contributed by atoms with E-state index in [4.69, 9.17) is 5.26 Å². The second-order valence-electron chi connectivity index (χ2n) is 4.32. The van der Waals surface area contributed by atoms with Crippen molar-refractivity contribution in [2.24, 2.45) is 5.92 Å². The van der Waals surface area contributed by atoms with Crippen LogP contribution in [0.25, 0.3) is 0 Å². The molecule has 0 atom stereocenters. The lowest BCUT2D eigenvalue weighted by atomic mass is 10.2. The van der Waals surface area contributed by atoms with Gasteiger partial charge in [0.2, 0.25) is 0 Å². The molecule has 0 amide bonds. The maximum absolute atomic E-state index is 10.5. The van der Waals surface area contributed by atoms with E-state index < -0.39 is 0 Å². The third-order valence-electron chi connectivity index (χ3n) is 2.31. The van der Waals surface area contributed by atoms with Crippen molar-refractivity contribution in [3.8, 4) is 6.07 Å². The average molecular weight is 231 g/mol. The van der Waals surface area contributed by atoms with Gasteiger partial charge in [-0.1, -0.05) is 13.8 Å². The highest BCUT2D eigenvalue weighted by Gasteiger charge is 2.09. The van der Waals surface area contributed by atoms with Gasteiger partial charge < -0.3 is 4.90 Å². The van der Waals surface area contributed by atoms with Crippen molar-refractivity contribution in [1.29, 1.82) is 5.26 Å². The Morgan fingerprint density at radius 2 is 2.29 bits per heavy atom. The molecule has 0 saturated carbocycles. The van der Waals surface area contributed by atoms with Crippen LogP contribution in [0.3, 0.4) is 0 Å². The monoisotopic (exact) mass is 231 g/mol. The minimum atomic E-state index is 0.476. The highest BCUT2D eigenvalue weighted by atomic mass is 16.1. The van der Waals surface area contributed by atoms with Crippen LogP contribution in [0, 0.1) is 17.2 Å². The van der Waals surface area contributed by atoms with E-state index in [1.165, 1.54) is 0 Å². The molecule has 90 valence electrons. The molecule has 0 bridgehead atoms. The summed E-state index contributed by atoms with van der Waals surface area (Å²) in [5, 5.41) is 8.63. The van der Waals surface area contributed by atoms with E-state index in [9.17, 15) is 4.79 Å². The molecule has 4 heteroatoms.